The summed E-state index contributed by atoms with van der Waals surface area (Å²) in [7, 11) is 0. The van der Waals surface area contributed by atoms with Crippen molar-refractivity contribution in [2.45, 2.75) is 115 Å². The number of hydrogen-bond acceptors (Lipinski definition) is 9. The van der Waals surface area contributed by atoms with E-state index in [0.29, 0.717) is 25.0 Å². The molecule has 3 rings (SSSR count). The Morgan fingerprint density at radius 2 is 1.18 bits per heavy atom. The van der Waals surface area contributed by atoms with E-state index in [0.717, 1.165) is 25.7 Å². The molecule has 5 N–H and O–H groups in total. The van der Waals surface area contributed by atoms with Crippen LogP contribution in [0.3, 0.4) is 0 Å². The van der Waals surface area contributed by atoms with Crippen molar-refractivity contribution in [2.24, 2.45) is 9.98 Å². The number of aliphatic hydroxyl groups excluding tert-OH is 2. The second kappa shape index (κ2) is 9.91. The Morgan fingerprint density at radius 3 is 1.62 bits per heavy atom. The molecule has 0 saturated carbocycles. The fraction of sp³-hybridized carbons (Fsp3) is 0.880. The molecule has 0 atom stereocenters. The largest absolute Gasteiger partial charge is 0.395 e. The summed E-state index contributed by atoms with van der Waals surface area (Å²) in [6, 6.07) is 0.428. The van der Waals surface area contributed by atoms with Crippen LogP contribution in [0.2, 0.25) is 0 Å². The van der Waals surface area contributed by atoms with Gasteiger partial charge in [0.25, 0.3) is 0 Å². The lowest BCUT2D eigenvalue weighted by molar-refractivity contribution is 0.0897. The van der Waals surface area contributed by atoms with Crippen LogP contribution in [0.1, 0.15) is 81.1 Å². The Labute approximate surface area is 206 Å². The van der Waals surface area contributed by atoms with E-state index < -0.39 is 0 Å². The number of aliphatic imine (C=N–C) groups is 2. The van der Waals surface area contributed by atoms with Crippen LogP contribution in [0.15, 0.2) is 9.98 Å². The van der Waals surface area contributed by atoms with Gasteiger partial charge in [0, 0.05) is 47.3 Å². The summed E-state index contributed by atoms with van der Waals surface area (Å²) in [5, 5.41) is 30.5. The van der Waals surface area contributed by atoms with E-state index in [4.69, 9.17) is 4.99 Å². The highest BCUT2D eigenvalue weighted by atomic mass is 16.3. The zero-order chi connectivity index (χ0) is 25.4. The quantitative estimate of drug-likeness (QED) is 0.395. The van der Waals surface area contributed by atoms with Crippen LogP contribution in [0.5, 0.6) is 0 Å². The van der Waals surface area contributed by atoms with Crippen molar-refractivity contribution in [1.29, 1.82) is 0 Å². The van der Waals surface area contributed by atoms with Gasteiger partial charge in [0.2, 0.25) is 11.9 Å². The monoisotopic (exact) mass is 478 g/mol. The van der Waals surface area contributed by atoms with Gasteiger partial charge in [-0.2, -0.15) is 4.99 Å². The van der Waals surface area contributed by atoms with Crippen LogP contribution < -0.4 is 16.0 Å². The molecule has 0 bridgehead atoms. The molecule has 3 heterocycles. The average Bonchev–Trinajstić information content (AvgIpc) is 2.65. The first-order valence-electron chi connectivity index (χ1n) is 12.7. The normalized spacial score (nSPS) is 26.3. The van der Waals surface area contributed by atoms with E-state index in [1.807, 2.05) is 0 Å². The van der Waals surface area contributed by atoms with Gasteiger partial charge in [-0.25, -0.2) is 4.99 Å². The number of hydrogen-bond donors (Lipinski definition) is 5. The lowest BCUT2D eigenvalue weighted by Crippen LogP contribution is -2.64. The van der Waals surface area contributed by atoms with Crippen LogP contribution >= 0.6 is 0 Å². The Balaban J connectivity index is 1.89. The number of piperidine rings is 2. The average molecular weight is 479 g/mol. The van der Waals surface area contributed by atoms with Crippen molar-refractivity contribution in [3.63, 3.8) is 0 Å². The summed E-state index contributed by atoms with van der Waals surface area (Å²) in [5.74, 6) is 1.34. The zero-order valence-corrected chi connectivity index (χ0v) is 22.6. The molecule has 2 saturated heterocycles. The number of rotatable bonds is 6. The molecule has 9 heteroatoms. The van der Waals surface area contributed by atoms with Crippen molar-refractivity contribution >= 4 is 11.9 Å². The number of aliphatic hydroxyl groups is 2. The van der Waals surface area contributed by atoms with Gasteiger partial charge in [0.15, 0.2) is 6.67 Å². The van der Waals surface area contributed by atoms with Gasteiger partial charge in [0.1, 0.15) is 0 Å². The Kier molecular flexibility index (Phi) is 7.92. The number of nitrogens with zero attached hydrogens (tertiary/aromatic N) is 4. The van der Waals surface area contributed by atoms with Crippen molar-refractivity contribution in [3.8, 4) is 0 Å². The smallest absolute Gasteiger partial charge is 0.226 e. The molecule has 0 aromatic heterocycles. The van der Waals surface area contributed by atoms with Crippen LogP contribution in [0.25, 0.3) is 0 Å². The van der Waals surface area contributed by atoms with Crippen molar-refractivity contribution in [2.75, 3.05) is 26.3 Å². The third kappa shape index (κ3) is 6.83. The molecule has 3 aliphatic heterocycles. The molecule has 0 amide bonds. The second-order valence-electron chi connectivity index (χ2n) is 12.9. The van der Waals surface area contributed by atoms with Crippen LogP contribution in [0.4, 0.5) is 0 Å². The minimum atomic E-state index is -0.0287. The topological polar surface area (TPSA) is 108 Å². The summed E-state index contributed by atoms with van der Waals surface area (Å²) in [6.07, 6.45) is 3.76. The maximum atomic E-state index is 9.91. The highest BCUT2D eigenvalue weighted by Gasteiger charge is 2.43. The summed E-state index contributed by atoms with van der Waals surface area (Å²) in [6.45, 7) is 20.6. The zero-order valence-electron chi connectivity index (χ0n) is 22.6. The van der Waals surface area contributed by atoms with Gasteiger partial charge in [-0.3, -0.25) is 0 Å². The van der Waals surface area contributed by atoms with E-state index in [9.17, 15) is 10.2 Å². The fourth-order valence-electron chi connectivity index (χ4n) is 6.69. The van der Waals surface area contributed by atoms with E-state index in [1.165, 1.54) is 0 Å². The molecule has 9 nitrogen and oxygen atoms in total. The lowest BCUT2D eigenvalue weighted by atomic mass is 9.79. The van der Waals surface area contributed by atoms with Crippen LogP contribution in [0, 0.1) is 6.67 Å². The maximum Gasteiger partial charge on any atom is 0.226 e. The predicted molar refractivity (Wildman–Crippen MR) is 139 cm³/mol. The highest BCUT2D eigenvalue weighted by Crippen LogP contribution is 2.33. The van der Waals surface area contributed by atoms with E-state index >= 15 is 0 Å². The molecular weight excluding hydrogens is 430 g/mol. The van der Waals surface area contributed by atoms with E-state index in [1.54, 1.807) is 6.67 Å². The van der Waals surface area contributed by atoms with Gasteiger partial charge >= 0.3 is 0 Å². The number of nitrogens with one attached hydrogen (secondary N) is 3. The Hall–Kier alpha value is -1.42. The summed E-state index contributed by atoms with van der Waals surface area (Å²) >= 11 is 0. The first-order chi connectivity index (χ1) is 15.7. The lowest BCUT2D eigenvalue weighted by Gasteiger charge is -2.51. The third-order valence-corrected chi connectivity index (χ3v) is 7.01. The van der Waals surface area contributed by atoms with E-state index in [-0.39, 0.29) is 47.5 Å². The highest BCUT2D eigenvalue weighted by molar-refractivity contribution is 5.97. The van der Waals surface area contributed by atoms with Crippen molar-refractivity contribution in [3.05, 3.63) is 6.67 Å². The molecule has 0 aromatic carbocycles. The molecule has 0 aliphatic carbocycles. The van der Waals surface area contributed by atoms with Crippen molar-refractivity contribution < 1.29 is 10.2 Å². The van der Waals surface area contributed by atoms with Crippen LogP contribution in [-0.2, 0) is 0 Å². The molecular formula is C25H48N7O2. The second-order valence-corrected chi connectivity index (χ2v) is 12.9. The standard InChI is InChI=1S/C25H48N7O2/c1-22(2)13-18(14-23(3,4)29-22)31(9-11-33)20-26-17-27-21(28-20)32(10-12-34)19-15-24(5,6)30-25(7,8)16-19/h17-19,29-30,33-34H,9-16H2,1-8H3,(H,26,27,28). The Morgan fingerprint density at radius 1 is 0.765 bits per heavy atom. The summed E-state index contributed by atoms with van der Waals surface area (Å²) in [4.78, 5) is 13.9. The summed E-state index contributed by atoms with van der Waals surface area (Å²) in [5.41, 5.74) is -0.103. The molecule has 0 unspecified atom stereocenters. The van der Waals surface area contributed by atoms with Crippen molar-refractivity contribution in [1.82, 2.24) is 25.8 Å². The Bertz CT molecular complexity index is 743. The molecule has 1 radical (unpaired) electrons. The van der Waals surface area contributed by atoms with Gasteiger partial charge in [-0.15, -0.1) is 0 Å². The van der Waals surface area contributed by atoms with Gasteiger partial charge in [0.05, 0.1) is 13.2 Å². The molecule has 0 aromatic rings. The minimum absolute atomic E-state index is 0.0226. The molecule has 34 heavy (non-hydrogen) atoms. The van der Waals surface area contributed by atoms with Crippen LogP contribution in [-0.4, -0.2) is 92.5 Å². The fourth-order valence-corrected chi connectivity index (χ4v) is 6.69. The van der Waals surface area contributed by atoms with Gasteiger partial charge < -0.3 is 36.0 Å². The SMILES string of the molecule is CC1(C)CC(N(CCO)C2=N[CH]NC(N(CCO)C3CC(C)(C)NC(C)(C)C3)=N2)CC(C)(C)N1. The predicted octanol–water partition coefficient (Wildman–Crippen LogP) is 1.63. The molecule has 2 fully saturated rings. The maximum absolute atomic E-state index is 9.91. The molecule has 0 spiro atoms. The van der Waals surface area contributed by atoms with Gasteiger partial charge in [-0.05, 0) is 81.1 Å². The summed E-state index contributed by atoms with van der Waals surface area (Å²) < 4.78 is 0. The first kappa shape index (κ1) is 27.2. The molecule has 3 aliphatic rings. The minimum Gasteiger partial charge on any atom is -0.395 e. The van der Waals surface area contributed by atoms with E-state index in [2.05, 4.69) is 86.1 Å². The van der Waals surface area contributed by atoms with Gasteiger partial charge in [-0.1, -0.05) is 0 Å². The first-order valence-corrected chi connectivity index (χ1v) is 12.7. The molecule has 195 valence electrons. The number of guanidine groups is 2. The third-order valence-electron chi connectivity index (χ3n) is 7.01.